The van der Waals surface area contributed by atoms with Crippen molar-refractivity contribution < 1.29 is 28.4 Å². The van der Waals surface area contributed by atoms with E-state index in [0.717, 1.165) is 84.8 Å². The first-order valence-electron chi connectivity index (χ1n) is 19.0. The zero-order valence-electron chi connectivity index (χ0n) is 30.2. The number of nitrogens with zero attached hydrogens (tertiary/aromatic N) is 2. The average molecular weight is 705 g/mol. The van der Waals surface area contributed by atoms with Gasteiger partial charge in [-0.05, 0) is 121 Å². The molecule has 2 atom stereocenters. The van der Waals surface area contributed by atoms with Crippen LogP contribution in [0.4, 0.5) is 11.4 Å². The van der Waals surface area contributed by atoms with E-state index >= 15 is 0 Å². The second-order valence-corrected chi connectivity index (χ2v) is 13.4. The van der Waals surface area contributed by atoms with Crippen LogP contribution in [0, 0.1) is 0 Å². The molecule has 2 fully saturated rings. The minimum absolute atomic E-state index is 0.259. The van der Waals surface area contributed by atoms with Crippen molar-refractivity contribution in [3.63, 3.8) is 0 Å². The van der Waals surface area contributed by atoms with Crippen LogP contribution in [0.15, 0.2) is 107 Å². The fourth-order valence-corrected chi connectivity index (χ4v) is 5.56. The van der Waals surface area contributed by atoms with Gasteiger partial charge in [-0.3, -0.25) is 9.98 Å². The van der Waals surface area contributed by atoms with Crippen LogP contribution >= 0.6 is 0 Å². The van der Waals surface area contributed by atoms with Crippen LogP contribution in [0.1, 0.15) is 75.3 Å². The van der Waals surface area contributed by atoms with Crippen molar-refractivity contribution in [3.8, 4) is 23.0 Å². The van der Waals surface area contributed by atoms with E-state index in [2.05, 4.69) is 9.98 Å². The fourth-order valence-electron chi connectivity index (χ4n) is 5.56. The monoisotopic (exact) mass is 704 g/mol. The molecule has 6 rings (SSSR count). The van der Waals surface area contributed by atoms with Crippen LogP contribution in [0.25, 0.3) is 0 Å². The van der Waals surface area contributed by atoms with E-state index in [1.165, 1.54) is 51.4 Å². The van der Waals surface area contributed by atoms with Crippen molar-refractivity contribution in [2.24, 2.45) is 9.98 Å². The lowest BCUT2D eigenvalue weighted by Gasteiger charge is -2.07. The van der Waals surface area contributed by atoms with Gasteiger partial charge in [0.05, 0.1) is 37.8 Å². The summed E-state index contributed by atoms with van der Waals surface area (Å²) in [6.07, 6.45) is 16.7. The summed E-state index contributed by atoms with van der Waals surface area (Å²) in [5.74, 6) is 3.50. The highest BCUT2D eigenvalue weighted by Crippen LogP contribution is 2.22. The average Bonchev–Trinajstić information content (AvgIpc) is 4.13. The lowest BCUT2D eigenvalue weighted by Crippen LogP contribution is -2.03. The van der Waals surface area contributed by atoms with E-state index in [1.807, 2.05) is 109 Å². The molecule has 0 aliphatic carbocycles. The molecule has 0 N–H and O–H groups in total. The Bertz CT molecular complexity index is 1510. The number of hydrogen-bond donors (Lipinski definition) is 0. The van der Waals surface area contributed by atoms with Gasteiger partial charge >= 0.3 is 0 Å². The van der Waals surface area contributed by atoms with Gasteiger partial charge in [0.2, 0.25) is 0 Å². The largest absolute Gasteiger partial charge is 0.494 e. The summed E-state index contributed by atoms with van der Waals surface area (Å²) in [4.78, 5) is 9.13. The molecule has 2 heterocycles. The molecule has 0 amide bonds. The number of rotatable bonds is 25. The molecule has 0 spiro atoms. The highest BCUT2D eigenvalue weighted by atomic mass is 16.6. The third kappa shape index (κ3) is 14.5. The Hall–Kier alpha value is -4.66. The first-order valence-corrected chi connectivity index (χ1v) is 19.0. The summed E-state index contributed by atoms with van der Waals surface area (Å²) < 4.78 is 33.6. The normalized spacial score (nSPS) is 16.3. The van der Waals surface area contributed by atoms with E-state index < -0.39 is 0 Å². The molecule has 2 unspecified atom stereocenters. The molecule has 8 nitrogen and oxygen atoms in total. The predicted octanol–water partition coefficient (Wildman–Crippen LogP) is 10.1. The SMILES string of the molecule is C(=Nc1ccc(OCC2CO2)cc1)c1ccc(OCCCCCCCCCCCCOc2ccc(C=Nc3ccc(OCC4CO4)cc3)cc2)cc1. The molecule has 0 saturated carbocycles. The predicted molar refractivity (Wildman–Crippen MR) is 208 cm³/mol. The minimum Gasteiger partial charge on any atom is -0.494 e. The molecule has 2 aliphatic heterocycles. The van der Waals surface area contributed by atoms with Crippen LogP contribution in [-0.4, -0.2) is 64.3 Å². The van der Waals surface area contributed by atoms with Crippen LogP contribution in [0.2, 0.25) is 0 Å². The molecular weight excluding hydrogens is 652 g/mol. The topological polar surface area (TPSA) is 86.7 Å². The molecule has 52 heavy (non-hydrogen) atoms. The molecule has 2 saturated heterocycles. The third-order valence-electron chi connectivity index (χ3n) is 8.91. The number of ether oxygens (including phenoxy) is 6. The first-order chi connectivity index (χ1) is 25.7. The molecular formula is C44H52N2O6. The van der Waals surface area contributed by atoms with Crippen molar-refractivity contribution in [2.45, 2.75) is 76.4 Å². The lowest BCUT2D eigenvalue weighted by atomic mass is 10.1. The summed E-state index contributed by atoms with van der Waals surface area (Å²) in [7, 11) is 0. The van der Waals surface area contributed by atoms with Crippen molar-refractivity contribution in [3.05, 3.63) is 108 Å². The smallest absolute Gasteiger partial charge is 0.119 e. The molecule has 0 radical (unpaired) electrons. The summed E-state index contributed by atoms with van der Waals surface area (Å²) in [6.45, 7) is 4.34. The quantitative estimate of drug-likeness (QED) is 0.0388. The Morgan fingerprint density at radius 1 is 0.423 bits per heavy atom. The molecule has 0 bridgehead atoms. The van der Waals surface area contributed by atoms with Gasteiger partial charge in [0, 0.05) is 12.4 Å². The maximum absolute atomic E-state index is 5.96. The van der Waals surface area contributed by atoms with Gasteiger partial charge in [-0.1, -0.05) is 51.4 Å². The number of hydrogen-bond acceptors (Lipinski definition) is 8. The van der Waals surface area contributed by atoms with E-state index in [1.54, 1.807) is 0 Å². The highest BCUT2D eigenvalue weighted by Gasteiger charge is 2.23. The summed E-state index contributed by atoms with van der Waals surface area (Å²) >= 11 is 0. The summed E-state index contributed by atoms with van der Waals surface area (Å²) in [6, 6.07) is 31.8. The van der Waals surface area contributed by atoms with Gasteiger partial charge in [0.15, 0.2) is 0 Å². The number of unbranched alkanes of at least 4 members (excludes halogenated alkanes) is 9. The Balaban J connectivity index is 0.716. The van der Waals surface area contributed by atoms with Crippen molar-refractivity contribution in [1.82, 2.24) is 0 Å². The molecule has 4 aromatic rings. The number of benzene rings is 4. The second kappa shape index (κ2) is 21.0. The Morgan fingerprint density at radius 2 is 0.731 bits per heavy atom. The van der Waals surface area contributed by atoms with E-state index in [0.29, 0.717) is 13.2 Å². The van der Waals surface area contributed by atoms with E-state index in [4.69, 9.17) is 28.4 Å². The zero-order chi connectivity index (χ0) is 35.5. The van der Waals surface area contributed by atoms with Gasteiger partial charge in [0.1, 0.15) is 48.4 Å². The molecule has 4 aromatic carbocycles. The maximum Gasteiger partial charge on any atom is 0.119 e. The number of epoxide rings is 2. The summed E-state index contributed by atoms with van der Waals surface area (Å²) in [5, 5.41) is 0. The van der Waals surface area contributed by atoms with Crippen molar-refractivity contribution >= 4 is 23.8 Å². The minimum atomic E-state index is 0.259. The molecule has 8 heteroatoms. The Labute approximate surface area is 308 Å². The lowest BCUT2D eigenvalue weighted by molar-refractivity contribution is 0.263. The van der Waals surface area contributed by atoms with Crippen LogP contribution < -0.4 is 18.9 Å². The maximum atomic E-state index is 5.96. The molecule has 0 aromatic heterocycles. The zero-order valence-corrected chi connectivity index (χ0v) is 30.2. The highest BCUT2D eigenvalue weighted by molar-refractivity contribution is 5.82. The van der Waals surface area contributed by atoms with Crippen LogP contribution in [0.5, 0.6) is 23.0 Å². The fraction of sp³-hybridized carbons (Fsp3) is 0.409. The molecule has 2 aliphatic rings. The van der Waals surface area contributed by atoms with E-state index in [9.17, 15) is 0 Å². The van der Waals surface area contributed by atoms with Gasteiger partial charge in [-0.2, -0.15) is 0 Å². The first kappa shape index (κ1) is 37.1. The Kier molecular flexibility index (Phi) is 15.0. The third-order valence-corrected chi connectivity index (χ3v) is 8.91. The Morgan fingerprint density at radius 3 is 1.08 bits per heavy atom. The standard InChI is InChI=1S/C44H52N2O6/c1(3-5-7-9-27-47-39-19-11-35(12-20-39)29-45-37-15-23-41(24-16-37)49-31-43-33-51-43)2-4-6-8-10-28-48-40-21-13-36(14-22-40)30-46-38-17-25-42(26-18-38)50-32-44-34-52-44/h11-26,29-30,43-44H,1-10,27-28,31-34H2. The number of aliphatic imine (C=N–C) groups is 2. The van der Waals surface area contributed by atoms with E-state index in [-0.39, 0.29) is 12.2 Å². The van der Waals surface area contributed by atoms with Crippen molar-refractivity contribution in [2.75, 3.05) is 39.6 Å². The second-order valence-electron chi connectivity index (χ2n) is 13.4. The van der Waals surface area contributed by atoms with Gasteiger partial charge in [0.25, 0.3) is 0 Å². The van der Waals surface area contributed by atoms with Gasteiger partial charge in [-0.25, -0.2) is 0 Å². The van der Waals surface area contributed by atoms with Crippen LogP contribution in [0.3, 0.4) is 0 Å². The van der Waals surface area contributed by atoms with Crippen molar-refractivity contribution in [1.29, 1.82) is 0 Å². The van der Waals surface area contributed by atoms with Crippen LogP contribution in [-0.2, 0) is 9.47 Å². The molecule has 274 valence electrons. The van der Waals surface area contributed by atoms with Gasteiger partial charge < -0.3 is 28.4 Å². The summed E-state index contributed by atoms with van der Waals surface area (Å²) in [5.41, 5.74) is 3.87. The van der Waals surface area contributed by atoms with Gasteiger partial charge in [-0.15, -0.1) is 0 Å².